The summed E-state index contributed by atoms with van der Waals surface area (Å²) in [5.74, 6) is -1.01. The zero-order chi connectivity index (χ0) is 38.0. The molecule has 3 aromatic carbocycles. The van der Waals surface area contributed by atoms with Crippen molar-refractivity contribution < 1.29 is 19.2 Å². The van der Waals surface area contributed by atoms with E-state index in [9.17, 15) is 24.4 Å². The van der Waals surface area contributed by atoms with Crippen molar-refractivity contribution in [1.29, 1.82) is 5.26 Å². The van der Waals surface area contributed by atoms with E-state index in [2.05, 4.69) is 27.8 Å². The number of fused-ring (bicyclic) bond motifs is 1. The van der Waals surface area contributed by atoms with Gasteiger partial charge in [-0.05, 0) is 98.0 Å². The Hall–Kier alpha value is -5.60. The Morgan fingerprint density at radius 2 is 1.74 bits per heavy atom. The number of aromatic nitrogens is 1. The van der Waals surface area contributed by atoms with Crippen molar-refractivity contribution in [3.8, 4) is 17.2 Å². The van der Waals surface area contributed by atoms with Crippen LogP contribution in [0.5, 0.6) is 0 Å². The number of amides is 4. The first-order valence-electron chi connectivity index (χ1n) is 18.6. The molecule has 10 nitrogen and oxygen atoms in total. The SMILES string of the molecule is CC(=O)N1CCCc2cc(-c3ccc(C(=O)NCCCCCNC(=O)C4CC(c5cccc(C)c5)CN(C(=O)/C(C#N)=C/c5nccs5)C4)cc3)ccc21. The fraction of sp³-hybridized carbons (Fsp3) is 0.349. The van der Waals surface area contributed by atoms with Crippen LogP contribution >= 0.6 is 11.3 Å². The van der Waals surface area contributed by atoms with Gasteiger partial charge in [0.1, 0.15) is 16.6 Å². The largest absolute Gasteiger partial charge is 0.356 e. The standard InChI is InChI=1S/C43H46N6O4S/c1-29-8-6-9-33(22-29)37-24-38(28-48(27-37)43(53)36(26-44)25-40-45-19-21-54-40)42(52)47-18-5-3-4-17-46-41(51)32-13-11-31(12-14-32)34-15-16-39-35(23-34)10-7-20-49(39)30(2)50/h6,8-9,11-16,19,21-23,25,37-38H,3-5,7,10,17-18,20,24,27-28H2,1-2H3,(H,46,51)(H,47,52)/b36-25+. The molecule has 0 aliphatic carbocycles. The molecule has 3 heterocycles. The van der Waals surface area contributed by atoms with E-state index in [-0.39, 0.29) is 35.8 Å². The Labute approximate surface area is 320 Å². The van der Waals surface area contributed by atoms with Gasteiger partial charge in [0.25, 0.3) is 11.8 Å². The molecule has 2 atom stereocenters. The number of carbonyl (C=O) groups excluding carboxylic acids is 4. The second-order valence-corrected chi connectivity index (χ2v) is 15.0. The number of unbranched alkanes of at least 4 members (excludes halogenated alkanes) is 2. The van der Waals surface area contributed by atoms with E-state index in [1.165, 1.54) is 23.0 Å². The number of piperidine rings is 1. The molecule has 4 amide bonds. The molecule has 0 radical (unpaired) electrons. The number of carbonyl (C=O) groups is 4. The maximum Gasteiger partial charge on any atom is 0.264 e. The molecule has 2 N–H and O–H groups in total. The van der Waals surface area contributed by atoms with Gasteiger partial charge in [-0.2, -0.15) is 5.26 Å². The van der Waals surface area contributed by atoms with Gasteiger partial charge in [0.15, 0.2) is 0 Å². The van der Waals surface area contributed by atoms with Crippen LogP contribution in [0, 0.1) is 24.2 Å². The molecule has 2 unspecified atom stereocenters. The minimum absolute atomic E-state index is 0.00685. The third-order valence-electron chi connectivity index (χ3n) is 10.2. The van der Waals surface area contributed by atoms with Crippen LogP contribution < -0.4 is 15.5 Å². The lowest BCUT2D eigenvalue weighted by molar-refractivity contribution is -0.133. The van der Waals surface area contributed by atoms with Crippen molar-refractivity contribution in [2.24, 2.45) is 5.92 Å². The number of nitrogens with zero attached hydrogens (tertiary/aromatic N) is 4. The van der Waals surface area contributed by atoms with Gasteiger partial charge in [-0.15, -0.1) is 11.3 Å². The lowest BCUT2D eigenvalue weighted by Crippen LogP contribution is -2.48. The summed E-state index contributed by atoms with van der Waals surface area (Å²) in [7, 11) is 0. The lowest BCUT2D eigenvalue weighted by atomic mass is 9.83. The number of hydrogen-bond acceptors (Lipinski definition) is 7. The number of nitrogens with one attached hydrogen (secondary N) is 2. The summed E-state index contributed by atoms with van der Waals surface area (Å²) in [6.45, 7) is 6.07. The van der Waals surface area contributed by atoms with Gasteiger partial charge in [0.2, 0.25) is 11.8 Å². The van der Waals surface area contributed by atoms with Crippen LogP contribution in [0.2, 0.25) is 0 Å². The predicted molar refractivity (Wildman–Crippen MR) is 212 cm³/mol. The number of rotatable bonds is 12. The first kappa shape index (κ1) is 38.1. The van der Waals surface area contributed by atoms with E-state index >= 15 is 0 Å². The molecular formula is C43H46N6O4S. The van der Waals surface area contributed by atoms with Gasteiger partial charge >= 0.3 is 0 Å². The van der Waals surface area contributed by atoms with Crippen molar-refractivity contribution in [3.63, 3.8) is 0 Å². The first-order valence-corrected chi connectivity index (χ1v) is 19.5. The summed E-state index contributed by atoms with van der Waals surface area (Å²) in [5.41, 5.74) is 7.02. The van der Waals surface area contributed by atoms with Gasteiger partial charge in [-0.1, -0.05) is 48.0 Å². The molecule has 6 rings (SSSR count). The molecule has 4 aromatic rings. The molecule has 11 heteroatoms. The number of thiazole rings is 1. The number of hydrogen-bond donors (Lipinski definition) is 2. The lowest BCUT2D eigenvalue weighted by Gasteiger charge is -2.37. The van der Waals surface area contributed by atoms with E-state index in [1.54, 1.807) is 23.4 Å². The topological polar surface area (TPSA) is 136 Å². The maximum atomic E-state index is 13.6. The van der Waals surface area contributed by atoms with Crippen LogP contribution in [0.25, 0.3) is 17.2 Å². The number of benzene rings is 3. The van der Waals surface area contributed by atoms with E-state index in [0.29, 0.717) is 36.6 Å². The highest BCUT2D eigenvalue weighted by Gasteiger charge is 2.35. The summed E-state index contributed by atoms with van der Waals surface area (Å²) in [5, 5.41) is 18.3. The first-order chi connectivity index (χ1) is 26.2. The van der Waals surface area contributed by atoms with Crippen LogP contribution in [-0.2, 0) is 20.8 Å². The number of likely N-dealkylation sites (tertiary alicyclic amines) is 1. The smallest absolute Gasteiger partial charge is 0.264 e. The van der Waals surface area contributed by atoms with E-state index in [0.717, 1.165) is 66.6 Å². The number of aryl methyl sites for hydroxylation is 2. The summed E-state index contributed by atoms with van der Waals surface area (Å²) in [6.07, 6.45) is 7.99. The number of nitriles is 1. The molecule has 1 fully saturated rings. The van der Waals surface area contributed by atoms with Crippen molar-refractivity contribution in [3.05, 3.63) is 111 Å². The summed E-state index contributed by atoms with van der Waals surface area (Å²) in [4.78, 5) is 59.5. The van der Waals surface area contributed by atoms with Crippen molar-refractivity contribution >= 4 is 46.7 Å². The monoisotopic (exact) mass is 742 g/mol. The maximum absolute atomic E-state index is 13.6. The van der Waals surface area contributed by atoms with Crippen LogP contribution in [0.15, 0.2) is 83.9 Å². The third-order valence-corrected chi connectivity index (χ3v) is 10.9. The molecule has 2 aliphatic heterocycles. The summed E-state index contributed by atoms with van der Waals surface area (Å²) in [6, 6.07) is 24.0. The molecule has 278 valence electrons. The highest BCUT2D eigenvalue weighted by molar-refractivity contribution is 7.10. The van der Waals surface area contributed by atoms with Gasteiger partial charge in [-0.25, -0.2) is 4.98 Å². The van der Waals surface area contributed by atoms with Crippen molar-refractivity contribution in [2.75, 3.05) is 37.6 Å². The van der Waals surface area contributed by atoms with Crippen LogP contribution in [-0.4, -0.2) is 66.2 Å². The summed E-state index contributed by atoms with van der Waals surface area (Å²) >= 11 is 1.35. The van der Waals surface area contributed by atoms with Gasteiger partial charge in [0, 0.05) is 68.4 Å². The van der Waals surface area contributed by atoms with Gasteiger partial charge < -0.3 is 20.4 Å². The van der Waals surface area contributed by atoms with Crippen LogP contribution in [0.1, 0.15) is 77.0 Å². The fourth-order valence-electron chi connectivity index (χ4n) is 7.37. The average molecular weight is 743 g/mol. The van der Waals surface area contributed by atoms with Crippen molar-refractivity contribution in [1.82, 2.24) is 20.5 Å². The molecule has 0 spiro atoms. The van der Waals surface area contributed by atoms with Gasteiger partial charge in [-0.3, -0.25) is 19.2 Å². The van der Waals surface area contributed by atoms with Crippen molar-refractivity contribution in [2.45, 2.75) is 58.3 Å². The molecule has 0 bridgehead atoms. The zero-order valence-electron chi connectivity index (χ0n) is 30.8. The molecule has 1 saturated heterocycles. The minimum atomic E-state index is -0.414. The molecule has 0 saturated carbocycles. The average Bonchev–Trinajstić information content (AvgIpc) is 3.72. The number of anilines is 1. The zero-order valence-corrected chi connectivity index (χ0v) is 31.7. The molecule has 54 heavy (non-hydrogen) atoms. The molecular weight excluding hydrogens is 697 g/mol. The highest BCUT2D eigenvalue weighted by Crippen LogP contribution is 2.33. The second-order valence-electron chi connectivity index (χ2n) is 14.1. The van der Waals surface area contributed by atoms with Gasteiger partial charge in [0.05, 0.1) is 5.92 Å². The van der Waals surface area contributed by atoms with E-state index in [4.69, 9.17) is 0 Å². The Balaban J connectivity index is 0.958. The normalized spacial score (nSPS) is 16.9. The molecule has 1 aromatic heterocycles. The minimum Gasteiger partial charge on any atom is -0.356 e. The Morgan fingerprint density at radius 3 is 2.46 bits per heavy atom. The highest BCUT2D eigenvalue weighted by atomic mass is 32.1. The quantitative estimate of drug-likeness (QED) is 0.0946. The van der Waals surface area contributed by atoms with Crippen LogP contribution in [0.4, 0.5) is 5.69 Å². The molecule has 2 aliphatic rings. The second kappa shape index (κ2) is 18.0. The Bertz CT molecular complexity index is 2050. The summed E-state index contributed by atoms with van der Waals surface area (Å²) < 4.78 is 0. The Morgan fingerprint density at radius 1 is 0.963 bits per heavy atom. The van der Waals surface area contributed by atoms with Crippen LogP contribution in [0.3, 0.4) is 0 Å². The van der Waals surface area contributed by atoms with E-state index < -0.39 is 11.8 Å². The fourth-order valence-corrected chi connectivity index (χ4v) is 7.94. The Kier molecular flexibility index (Phi) is 12.7. The third kappa shape index (κ3) is 9.49. The van der Waals surface area contributed by atoms with E-state index in [1.807, 2.05) is 72.5 Å². The predicted octanol–water partition coefficient (Wildman–Crippen LogP) is 6.67.